The highest BCUT2D eigenvalue weighted by Gasteiger charge is 2.45. The summed E-state index contributed by atoms with van der Waals surface area (Å²) in [5.41, 5.74) is 3.21. The summed E-state index contributed by atoms with van der Waals surface area (Å²) in [6.07, 6.45) is 7.11. The van der Waals surface area contributed by atoms with E-state index in [-0.39, 0.29) is 11.8 Å². The summed E-state index contributed by atoms with van der Waals surface area (Å²) < 4.78 is 15.7. The van der Waals surface area contributed by atoms with E-state index in [2.05, 4.69) is 9.82 Å². The van der Waals surface area contributed by atoms with Crippen molar-refractivity contribution in [2.24, 2.45) is 5.92 Å². The van der Waals surface area contributed by atoms with Crippen LogP contribution in [0.4, 0.5) is 5.69 Å². The van der Waals surface area contributed by atoms with Crippen LogP contribution >= 0.6 is 0 Å². The molecule has 1 aliphatic carbocycles. The fourth-order valence-corrected chi connectivity index (χ4v) is 4.67. The number of nitrogens with one attached hydrogen (secondary N) is 1. The summed E-state index contributed by atoms with van der Waals surface area (Å²) in [5, 5.41) is 4.56. The third-order valence-corrected chi connectivity index (χ3v) is 6.73. The number of hydrogen-bond acceptors (Lipinski definition) is 4. The van der Waals surface area contributed by atoms with Crippen LogP contribution in [0.3, 0.4) is 0 Å². The second kappa shape index (κ2) is 5.88. The van der Waals surface area contributed by atoms with Crippen LogP contribution in [0, 0.1) is 5.92 Å². The lowest BCUT2D eigenvalue weighted by Gasteiger charge is -2.20. The van der Waals surface area contributed by atoms with E-state index < -0.39 is 16.4 Å². The number of anilines is 1. The molecule has 0 bridgehead atoms. The Balaban J connectivity index is 1.51. The second-order valence-electron chi connectivity index (χ2n) is 8.11. The van der Waals surface area contributed by atoms with Crippen molar-refractivity contribution in [2.75, 3.05) is 11.4 Å². The predicted octanol–water partition coefficient (Wildman–Crippen LogP) is 2.18. The lowest BCUT2D eigenvalue weighted by Crippen LogP contribution is -2.37. The van der Waals surface area contributed by atoms with E-state index in [1.54, 1.807) is 12.4 Å². The molecule has 2 aliphatic heterocycles. The van der Waals surface area contributed by atoms with Crippen molar-refractivity contribution in [3.05, 3.63) is 42.2 Å². The van der Waals surface area contributed by atoms with E-state index in [9.17, 15) is 13.8 Å². The first-order valence-corrected chi connectivity index (χ1v) is 10.5. The standard InChI is InChI=1S/C20H20N4O3S/c1-20(2)15-7-13(5-6-16(15)23(19(20)26)10-12-3-4-12)14-9-21-24(11-14)18-8-17(25)22-28(18)27/h5-9,11-12H,3-4,10H2,1-2H3,(H,22,25). The molecule has 1 aromatic heterocycles. The highest BCUT2D eigenvalue weighted by Crippen LogP contribution is 2.45. The quantitative estimate of drug-likeness (QED) is 0.859. The van der Waals surface area contributed by atoms with Crippen LogP contribution in [0.5, 0.6) is 0 Å². The number of amides is 2. The molecular formula is C20H20N4O3S. The maximum Gasteiger partial charge on any atom is 0.258 e. The Labute approximate surface area is 165 Å². The first-order valence-electron chi connectivity index (χ1n) is 9.30. The molecule has 2 amide bonds. The molecule has 1 N–H and O–H groups in total. The Morgan fingerprint density at radius 3 is 2.71 bits per heavy atom. The van der Waals surface area contributed by atoms with Crippen LogP contribution in [0.2, 0.25) is 0 Å². The molecule has 1 fully saturated rings. The summed E-state index contributed by atoms with van der Waals surface area (Å²) in [6.45, 7) is 4.74. The van der Waals surface area contributed by atoms with Gasteiger partial charge >= 0.3 is 0 Å². The van der Waals surface area contributed by atoms with Crippen molar-refractivity contribution in [1.82, 2.24) is 14.5 Å². The van der Waals surface area contributed by atoms with Crippen molar-refractivity contribution in [1.29, 1.82) is 0 Å². The van der Waals surface area contributed by atoms with Crippen molar-refractivity contribution in [3.8, 4) is 11.1 Å². The van der Waals surface area contributed by atoms with Gasteiger partial charge in [-0.2, -0.15) is 5.10 Å². The number of aromatic nitrogens is 2. The predicted molar refractivity (Wildman–Crippen MR) is 106 cm³/mol. The number of carbonyl (C=O) groups is 2. The Morgan fingerprint density at radius 1 is 1.25 bits per heavy atom. The molecule has 1 aromatic carbocycles. The molecule has 3 heterocycles. The molecule has 3 aliphatic rings. The van der Waals surface area contributed by atoms with Gasteiger partial charge in [0.25, 0.3) is 5.91 Å². The maximum absolute atomic E-state index is 13.0. The van der Waals surface area contributed by atoms with Gasteiger partial charge in [-0.3, -0.25) is 14.3 Å². The number of nitrogens with zero attached hydrogens (tertiary/aromatic N) is 3. The Bertz CT molecular complexity index is 1080. The van der Waals surface area contributed by atoms with Crippen LogP contribution < -0.4 is 9.62 Å². The van der Waals surface area contributed by atoms with Gasteiger partial charge in [0, 0.05) is 30.1 Å². The van der Waals surface area contributed by atoms with Crippen molar-refractivity contribution in [2.45, 2.75) is 32.1 Å². The molecule has 28 heavy (non-hydrogen) atoms. The van der Waals surface area contributed by atoms with Crippen LogP contribution in [0.1, 0.15) is 32.3 Å². The fraction of sp³-hybridized carbons (Fsp3) is 0.350. The number of carbonyl (C=O) groups excluding carboxylic acids is 2. The van der Waals surface area contributed by atoms with Gasteiger partial charge in [-0.25, -0.2) is 8.89 Å². The molecule has 0 spiro atoms. The molecule has 5 rings (SSSR count). The average Bonchev–Trinajstić information content (AvgIpc) is 3.17. The van der Waals surface area contributed by atoms with Crippen LogP contribution in [-0.4, -0.2) is 32.3 Å². The fourth-order valence-electron chi connectivity index (χ4n) is 3.84. The molecule has 7 nitrogen and oxygen atoms in total. The van der Waals surface area contributed by atoms with Gasteiger partial charge in [-0.05, 0) is 55.9 Å². The lowest BCUT2D eigenvalue weighted by atomic mass is 9.85. The molecular weight excluding hydrogens is 376 g/mol. The van der Waals surface area contributed by atoms with E-state index in [0.29, 0.717) is 10.9 Å². The minimum atomic E-state index is -1.60. The Hall–Kier alpha value is -2.74. The highest BCUT2D eigenvalue weighted by atomic mass is 32.2. The first kappa shape index (κ1) is 17.4. The topological polar surface area (TPSA) is 84.3 Å². The SMILES string of the molecule is CC1(C)C(=O)N(CC2CC2)c2ccc(-c3cnn(C4=CC(=O)NS4=O)c3)cc21. The van der Waals surface area contributed by atoms with Gasteiger partial charge in [0.2, 0.25) is 5.91 Å². The molecule has 1 unspecified atom stereocenters. The van der Waals surface area contributed by atoms with Crippen molar-refractivity contribution >= 4 is 33.5 Å². The zero-order valence-electron chi connectivity index (χ0n) is 15.6. The third kappa shape index (κ3) is 2.63. The van der Waals surface area contributed by atoms with Gasteiger partial charge in [0.15, 0.2) is 16.0 Å². The molecule has 0 saturated heterocycles. The molecule has 1 atom stereocenters. The second-order valence-corrected chi connectivity index (χ2v) is 9.27. The van der Waals surface area contributed by atoms with Crippen LogP contribution in [-0.2, 0) is 26.0 Å². The lowest BCUT2D eigenvalue weighted by molar-refractivity contribution is -0.122. The molecule has 2 aromatic rings. The summed E-state index contributed by atoms with van der Waals surface area (Å²) in [4.78, 5) is 26.3. The summed E-state index contributed by atoms with van der Waals surface area (Å²) >= 11 is 0. The van der Waals surface area contributed by atoms with Gasteiger partial charge < -0.3 is 4.90 Å². The third-order valence-electron chi connectivity index (χ3n) is 5.66. The zero-order valence-corrected chi connectivity index (χ0v) is 16.5. The number of rotatable bonds is 4. The van der Waals surface area contributed by atoms with E-state index in [1.165, 1.54) is 23.6 Å². The van der Waals surface area contributed by atoms with Crippen molar-refractivity contribution < 1.29 is 13.8 Å². The normalized spacial score (nSPS) is 23.0. The smallest absolute Gasteiger partial charge is 0.258 e. The minimum absolute atomic E-state index is 0.151. The van der Waals surface area contributed by atoms with E-state index in [4.69, 9.17) is 0 Å². The number of benzene rings is 1. The Morgan fingerprint density at radius 2 is 2.04 bits per heavy atom. The van der Waals surface area contributed by atoms with Crippen LogP contribution in [0.15, 0.2) is 36.7 Å². The molecule has 144 valence electrons. The summed E-state index contributed by atoms with van der Waals surface area (Å²) in [5.74, 6) is 0.387. The Kier molecular flexibility index (Phi) is 3.64. The van der Waals surface area contributed by atoms with E-state index in [1.807, 2.05) is 36.9 Å². The first-order chi connectivity index (χ1) is 13.3. The van der Waals surface area contributed by atoms with E-state index >= 15 is 0 Å². The summed E-state index contributed by atoms with van der Waals surface area (Å²) in [6, 6.07) is 6.04. The molecule has 1 saturated carbocycles. The number of fused-ring (bicyclic) bond motifs is 1. The van der Waals surface area contributed by atoms with Gasteiger partial charge in [-0.15, -0.1) is 0 Å². The van der Waals surface area contributed by atoms with E-state index in [0.717, 1.165) is 28.9 Å². The minimum Gasteiger partial charge on any atom is -0.311 e. The van der Waals surface area contributed by atoms with Gasteiger partial charge in [0.05, 0.1) is 11.6 Å². The maximum atomic E-state index is 13.0. The zero-order chi connectivity index (χ0) is 19.6. The average molecular weight is 396 g/mol. The monoisotopic (exact) mass is 396 g/mol. The van der Waals surface area contributed by atoms with Gasteiger partial charge in [-0.1, -0.05) is 6.07 Å². The highest BCUT2D eigenvalue weighted by molar-refractivity contribution is 7.93. The summed E-state index contributed by atoms with van der Waals surface area (Å²) in [7, 11) is -1.60. The van der Waals surface area contributed by atoms with Crippen molar-refractivity contribution in [3.63, 3.8) is 0 Å². The largest absolute Gasteiger partial charge is 0.311 e. The molecule has 8 heteroatoms. The number of hydrogen-bond donors (Lipinski definition) is 1. The molecule has 0 radical (unpaired) electrons. The van der Waals surface area contributed by atoms with Gasteiger partial charge in [0.1, 0.15) is 0 Å². The van der Waals surface area contributed by atoms with Crippen LogP contribution in [0.25, 0.3) is 16.2 Å².